The third-order valence-electron chi connectivity index (χ3n) is 4.72. The maximum absolute atomic E-state index is 12.5. The van der Waals surface area contributed by atoms with Crippen LogP contribution >= 0.6 is 0 Å². The summed E-state index contributed by atoms with van der Waals surface area (Å²) in [5.74, 6) is 0.686. The van der Waals surface area contributed by atoms with E-state index in [0.717, 1.165) is 25.1 Å². The number of sulfonamides is 1. The molecule has 2 aromatic carbocycles. The minimum absolute atomic E-state index is 0.206. The van der Waals surface area contributed by atoms with Crippen molar-refractivity contribution in [1.29, 1.82) is 0 Å². The molecule has 31 heavy (non-hydrogen) atoms. The molecule has 0 spiro atoms. The van der Waals surface area contributed by atoms with Crippen LogP contribution in [0.1, 0.15) is 37.0 Å². The number of benzene rings is 2. The van der Waals surface area contributed by atoms with Gasteiger partial charge in [0.05, 0.1) is 4.90 Å². The molecule has 1 aliphatic heterocycles. The largest absolute Gasteiger partial charge is 0.356 e. The summed E-state index contributed by atoms with van der Waals surface area (Å²) in [4.78, 5) is 16.8. The minimum atomic E-state index is -3.56. The molecule has 9 heteroatoms. The average molecular weight is 444 g/mol. The first kappa shape index (κ1) is 22.8. The van der Waals surface area contributed by atoms with E-state index in [-0.39, 0.29) is 10.8 Å². The van der Waals surface area contributed by atoms with Gasteiger partial charge in [0.25, 0.3) is 5.91 Å². The fourth-order valence-corrected chi connectivity index (χ4v) is 4.07. The topological polar surface area (TPSA) is 112 Å². The third kappa shape index (κ3) is 6.80. The summed E-state index contributed by atoms with van der Waals surface area (Å²) < 4.78 is 27.6. The van der Waals surface area contributed by atoms with Crippen molar-refractivity contribution in [2.24, 2.45) is 10.9 Å². The highest BCUT2D eigenvalue weighted by molar-refractivity contribution is 7.89. The molecule has 8 nitrogen and oxygen atoms in total. The summed E-state index contributed by atoms with van der Waals surface area (Å²) >= 11 is 0. The second kappa shape index (κ2) is 10.4. The van der Waals surface area contributed by atoms with E-state index in [1.54, 1.807) is 48.5 Å². The van der Waals surface area contributed by atoms with Crippen molar-refractivity contribution in [3.63, 3.8) is 0 Å². The number of guanidine groups is 1. The highest BCUT2D eigenvalue weighted by atomic mass is 32.2. The van der Waals surface area contributed by atoms with E-state index >= 15 is 0 Å². The van der Waals surface area contributed by atoms with E-state index in [0.29, 0.717) is 36.2 Å². The number of hydrogen-bond acceptors (Lipinski definition) is 6. The quantitative estimate of drug-likeness (QED) is 0.501. The SMILES string of the molecule is CC(C)CCNS(=O)(=O)c1cccc(Nc2ccc(C(=O)NC3=NCCCN3)cc2)c1. The van der Waals surface area contributed by atoms with Crippen molar-refractivity contribution in [3.05, 3.63) is 54.1 Å². The molecule has 1 amide bonds. The van der Waals surface area contributed by atoms with Gasteiger partial charge in [-0.15, -0.1) is 0 Å². The first-order valence-electron chi connectivity index (χ1n) is 10.4. The van der Waals surface area contributed by atoms with E-state index in [1.807, 2.05) is 0 Å². The summed E-state index contributed by atoms with van der Waals surface area (Å²) in [6.45, 7) is 6.00. The smallest absolute Gasteiger partial charge is 0.257 e. The molecule has 1 heterocycles. The Kier molecular flexibility index (Phi) is 7.64. The molecule has 0 saturated carbocycles. The van der Waals surface area contributed by atoms with Gasteiger partial charge in [-0.05, 0) is 61.2 Å². The highest BCUT2D eigenvalue weighted by Gasteiger charge is 2.14. The second-order valence-electron chi connectivity index (χ2n) is 7.78. The lowest BCUT2D eigenvalue weighted by Gasteiger charge is -2.15. The Morgan fingerprint density at radius 1 is 1.13 bits per heavy atom. The number of carbonyl (C=O) groups excluding carboxylic acids is 1. The Hall–Kier alpha value is -2.91. The number of nitrogens with zero attached hydrogens (tertiary/aromatic N) is 1. The fourth-order valence-electron chi connectivity index (χ4n) is 2.97. The van der Waals surface area contributed by atoms with Crippen LogP contribution in [0.5, 0.6) is 0 Å². The Morgan fingerprint density at radius 3 is 2.58 bits per heavy atom. The first-order chi connectivity index (χ1) is 14.8. The van der Waals surface area contributed by atoms with Gasteiger partial charge >= 0.3 is 0 Å². The monoisotopic (exact) mass is 443 g/mol. The van der Waals surface area contributed by atoms with Gasteiger partial charge in [0.2, 0.25) is 10.0 Å². The summed E-state index contributed by atoms with van der Waals surface area (Å²) in [5.41, 5.74) is 1.89. The summed E-state index contributed by atoms with van der Waals surface area (Å²) in [5, 5.41) is 8.99. The Bertz CT molecular complexity index is 1030. The fraction of sp³-hybridized carbons (Fsp3) is 0.364. The molecule has 0 bridgehead atoms. The number of anilines is 2. The lowest BCUT2D eigenvalue weighted by Crippen LogP contribution is -2.43. The maximum Gasteiger partial charge on any atom is 0.257 e. The van der Waals surface area contributed by atoms with E-state index in [9.17, 15) is 13.2 Å². The molecule has 166 valence electrons. The predicted molar refractivity (Wildman–Crippen MR) is 123 cm³/mol. The van der Waals surface area contributed by atoms with Crippen LogP contribution in [-0.4, -0.2) is 39.9 Å². The Balaban J connectivity index is 1.63. The number of aliphatic imine (C=N–C) groups is 1. The van der Waals surface area contributed by atoms with Crippen molar-refractivity contribution < 1.29 is 13.2 Å². The Labute approximate surface area is 183 Å². The van der Waals surface area contributed by atoms with E-state index < -0.39 is 10.0 Å². The van der Waals surface area contributed by atoms with Crippen LogP contribution in [0.15, 0.2) is 58.4 Å². The number of rotatable bonds is 8. The van der Waals surface area contributed by atoms with Gasteiger partial charge in [0, 0.05) is 36.6 Å². The number of hydrogen-bond donors (Lipinski definition) is 4. The molecule has 1 aliphatic rings. The summed E-state index contributed by atoms with van der Waals surface area (Å²) in [6, 6.07) is 13.6. The highest BCUT2D eigenvalue weighted by Crippen LogP contribution is 2.20. The molecular weight excluding hydrogens is 414 g/mol. The van der Waals surface area contributed by atoms with Crippen LogP contribution in [0.25, 0.3) is 0 Å². The second-order valence-corrected chi connectivity index (χ2v) is 9.54. The maximum atomic E-state index is 12.5. The lowest BCUT2D eigenvalue weighted by atomic mass is 10.1. The molecular formula is C22H29N5O3S. The van der Waals surface area contributed by atoms with Crippen LogP contribution in [0, 0.1) is 5.92 Å². The molecule has 0 fully saturated rings. The number of nitrogens with one attached hydrogen (secondary N) is 4. The van der Waals surface area contributed by atoms with Crippen molar-refractivity contribution in [2.45, 2.75) is 31.6 Å². The average Bonchev–Trinajstić information content (AvgIpc) is 2.75. The van der Waals surface area contributed by atoms with E-state index in [1.165, 1.54) is 0 Å². The van der Waals surface area contributed by atoms with Gasteiger partial charge in [0.15, 0.2) is 5.96 Å². The van der Waals surface area contributed by atoms with Crippen LogP contribution in [0.4, 0.5) is 11.4 Å². The van der Waals surface area contributed by atoms with Crippen molar-refractivity contribution in [1.82, 2.24) is 15.4 Å². The van der Waals surface area contributed by atoms with Crippen molar-refractivity contribution >= 4 is 33.3 Å². The standard InChI is InChI=1S/C22H29N5O3S/c1-16(2)11-14-25-31(29,30)20-6-3-5-19(15-20)26-18-9-7-17(8-10-18)21(28)27-22-23-12-4-13-24-22/h3,5-10,15-16,25-26H,4,11-14H2,1-2H3,(H2,23,24,27,28). The van der Waals surface area contributed by atoms with Crippen LogP contribution < -0.4 is 20.7 Å². The van der Waals surface area contributed by atoms with Crippen LogP contribution in [0.3, 0.4) is 0 Å². The van der Waals surface area contributed by atoms with Gasteiger partial charge in [-0.2, -0.15) is 0 Å². The summed E-state index contributed by atoms with van der Waals surface area (Å²) in [7, 11) is -3.56. The molecule has 0 atom stereocenters. The first-order valence-corrected chi connectivity index (χ1v) is 11.9. The zero-order valence-electron chi connectivity index (χ0n) is 17.8. The van der Waals surface area contributed by atoms with E-state index in [2.05, 4.69) is 39.5 Å². The van der Waals surface area contributed by atoms with Gasteiger partial charge in [-0.3, -0.25) is 15.1 Å². The van der Waals surface area contributed by atoms with Gasteiger partial charge in [-0.1, -0.05) is 19.9 Å². The lowest BCUT2D eigenvalue weighted by molar-refractivity contribution is 0.0975. The molecule has 3 rings (SSSR count). The molecule has 0 aliphatic carbocycles. The Morgan fingerprint density at radius 2 is 1.90 bits per heavy atom. The van der Waals surface area contributed by atoms with Crippen molar-refractivity contribution in [3.8, 4) is 0 Å². The summed E-state index contributed by atoms with van der Waals surface area (Å²) in [6.07, 6.45) is 1.73. The normalized spacial score (nSPS) is 14.0. The third-order valence-corrected chi connectivity index (χ3v) is 6.18. The number of amides is 1. The molecule has 0 unspecified atom stereocenters. The van der Waals surface area contributed by atoms with E-state index in [4.69, 9.17) is 0 Å². The molecule has 2 aromatic rings. The van der Waals surface area contributed by atoms with Crippen LogP contribution in [0.2, 0.25) is 0 Å². The number of carbonyl (C=O) groups is 1. The minimum Gasteiger partial charge on any atom is -0.356 e. The van der Waals surface area contributed by atoms with Gasteiger partial charge < -0.3 is 10.6 Å². The van der Waals surface area contributed by atoms with Gasteiger partial charge in [-0.25, -0.2) is 13.1 Å². The van der Waals surface area contributed by atoms with Crippen molar-refractivity contribution in [2.75, 3.05) is 25.0 Å². The zero-order chi connectivity index (χ0) is 22.3. The molecule has 0 saturated heterocycles. The molecule has 0 aromatic heterocycles. The molecule has 4 N–H and O–H groups in total. The zero-order valence-corrected chi connectivity index (χ0v) is 18.6. The predicted octanol–water partition coefficient (Wildman–Crippen LogP) is 2.83. The van der Waals surface area contributed by atoms with Crippen LogP contribution in [-0.2, 0) is 10.0 Å². The van der Waals surface area contributed by atoms with Gasteiger partial charge in [0.1, 0.15) is 0 Å². The molecule has 0 radical (unpaired) electrons.